The van der Waals surface area contributed by atoms with Crippen LogP contribution in [-0.4, -0.2) is 48.7 Å². The van der Waals surface area contributed by atoms with Gasteiger partial charge in [-0.05, 0) is 48.5 Å². The van der Waals surface area contributed by atoms with Crippen molar-refractivity contribution < 1.29 is 39.5 Å². The molecule has 0 spiro atoms. The minimum absolute atomic E-state index is 0.238. The fraction of sp³-hybridized carbons (Fsp3) is 0.133. The van der Waals surface area contributed by atoms with Crippen LogP contribution in [-0.2, 0) is 35.1 Å². The van der Waals surface area contributed by atoms with E-state index in [2.05, 4.69) is 4.40 Å². The van der Waals surface area contributed by atoms with Crippen LogP contribution in [0.15, 0.2) is 62.7 Å². The van der Waals surface area contributed by atoms with E-state index in [1.807, 2.05) is 0 Å². The molecule has 2 aromatic rings. The molecule has 0 radical (unpaired) electrons. The molecule has 14 heteroatoms. The summed E-state index contributed by atoms with van der Waals surface area (Å²) in [6.45, 7) is 0. The lowest BCUT2D eigenvalue weighted by atomic mass is 10.3. The Labute approximate surface area is 167 Å². The Hall–Kier alpha value is -2.77. The standard InChI is InChI=1S/C15H14N2O9S3/c1-25-12-3-7-14(8-4-12)27(19,20)17(29(23,24)16-11-18)28(21,22)15-9-5-13(26-2)6-10-15/h3-10H,1-2H3. The quantitative estimate of drug-likeness (QED) is 0.406. The first-order chi connectivity index (χ1) is 13.5. The van der Waals surface area contributed by atoms with E-state index in [9.17, 15) is 30.0 Å². The highest BCUT2D eigenvalue weighted by Crippen LogP contribution is 2.30. The summed E-state index contributed by atoms with van der Waals surface area (Å²) >= 11 is 0. The van der Waals surface area contributed by atoms with Crippen molar-refractivity contribution in [2.45, 2.75) is 9.79 Å². The summed E-state index contributed by atoms with van der Waals surface area (Å²) in [7, 11) is -13.4. The SMILES string of the molecule is COc1ccc(S(=O)(=O)N(S(=O)(=O)N=C=O)S(=O)(=O)c2ccc(OC)cc2)cc1. The van der Waals surface area contributed by atoms with E-state index in [0.29, 0.717) is 6.08 Å². The van der Waals surface area contributed by atoms with E-state index < -0.39 is 43.2 Å². The number of carbonyl (C=O) groups excluding carboxylic acids is 1. The molecule has 0 amide bonds. The Morgan fingerprint density at radius 2 is 1.07 bits per heavy atom. The van der Waals surface area contributed by atoms with Crippen LogP contribution < -0.4 is 9.47 Å². The van der Waals surface area contributed by atoms with Crippen molar-refractivity contribution in [2.24, 2.45) is 4.40 Å². The van der Waals surface area contributed by atoms with Crippen molar-refractivity contribution in [2.75, 3.05) is 14.2 Å². The van der Waals surface area contributed by atoms with Crippen molar-refractivity contribution >= 4 is 36.3 Å². The molecule has 156 valence electrons. The van der Waals surface area contributed by atoms with Gasteiger partial charge in [-0.15, -0.1) is 0 Å². The molecule has 0 atom stereocenters. The largest absolute Gasteiger partial charge is 0.497 e. The smallest absolute Gasteiger partial charge is 0.360 e. The monoisotopic (exact) mass is 462 g/mol. The lowest BCUT2D eigenvalue weighted by molar-refractivity contribution is 0.414. The van der Waals surface area contributed by atoms with E-state index in [1.165, 1.54) is 38.5 Å². The number of benzene rings is 2. The number of ether oxygens (including phenoxy) is 2. The van der Waals surface area contributed by atoms with Crippen LogP contribution in [0.5, 0.6) is 11.5 Å². The molecule has 0 aliphatic rings. The molecule has 0 N–H and O–H groups in total. The molecule has 0 unspecified atom stereocenters. The molecular weight excluding hydrogens is 448 g/mol. The molecule has 0 saturated carbocycles. The zero-order valence-corrected chi connectivity index (χ0v) is 17.4. The average molecular weight is 462 g/mol. The van der Waals surface area contributed by atoms with Crippen LogP contribution in [0, 0.1) is 0 Å². The number of methoxy groups -OCH3 is 2. The number of rotatable bonds is 8. The number of hydrogen-bond donors (Lipinski definition) is 0. The van der Waals surface area contributed by atoms with Gasteiger partial charge in [-0.1, -0.05) is 4.40 Å². The second-order valence-electron chi connectivity index (χ2n) is 5.16. The molecule has 0 aromatic heterocycles. The van der Waals surface area contributed by atoms with Crippen LogP contribution >= 0.6 is 0 Å². The maximum Gasteiger partial charge on any atom is 0.360 e. The van der Waals surface area contributed by atoms with Gasteiger partial charge in [0.2, 0.25) is 0 Å². The number of hydrogen-bond acceptors (Lipinski definition) is 9. The van der Waals surface area contributed by atoms with Crippen molar-refractivity contribution in [3.8, 4) is 11.5 Å². The minimum Gasteiger partial charge on any atom is -0.497 e. The molecule has 0 aliphatic heterocycles. The number of nitrogens with zero attached hydrogens (tertiary/aromatic N) is 2. The summed E-state index contributed by atoms with van der Waals surface area (Å²) in [6, 6.07) is 8.47. The van der Waals surface area contributed by atoms with E-state index in [-0.39, 0.29) is 11.5 Å². The van der Waals surface area contributed by atoms with Crippen molar-refractivity contribution in [3.05, 3.63) is 48.5 Å². The van der Waals surface area contributed by atoms with Crippen molar-refractivity contribution in [1.29, 1.82) is 0 Å². The highest BCUT2D eigenvalue weighted by molar-refractivity contribution is 8.17. The average Bonchev–Trinajstić information content (AvgIpc) is 2.67. The van der Waals surface area contributed by atoms with Crippen LogP contribution in [0.3, 0.4) is 0 Å². The predicted octanol–water partition coefficient (Wildman–Crippen LogP) is 0.664. The van der Waals surface area contributed by atoms with Gasteiger partial charge in [0.15, 0.2) is 0 Å². The van der Waals surface area contributed by atoms with Gasteiger partial charge < -0.3 is 9.47 Å². The van der Waals surface area contributed by atoms with Gasteiger partial charge >= 0.3 is 10.2 Å². The zero-order chi connectivity index (χ0) is 21.9. The van der Waals surface area contributed by atoms with Gasteiger partial charge in [0, 0.05) is 3.12 Å². The summed E-state index contributed by atoms with van der Waals surface area (Å²) in [5, 5.41) is 0. The van der Waals surface area contributed by atoms with Gasteiger partial charge in [-0.25, -0.2) is 21.6 Å². The third-order valence-electron chi connectivity index (χ3n) is 3.45. The fourth-order valence-electron chi connectivity index (χ4n) is 2.13. The normalized spacial score (nSPS) is 12.2. The van der Waals surface area contributed by atoms with Crippen LogP contribution in [0.4, 0.5) is 0 Å². The molecule has 0 bridgehead atoms. The third kappa shape index (κ3) is 4.46. The highest BCUT2D eigenvalue weighted by atomic mass is 32.3. The Morgan fingerprint density at radius 1 is 0.724 bits per heavy atom. The molecule has 0 heterocycles. The van der Waals surface area contributed by atoms with E-state index in [4.69, 9.17) is 9.47 Å². The number of isocyanates is 1. The Morgan fingerprint density at radius 3 is 1.34 bits per heavy atom. The van der Waals surface area contributed by atoms with E-state index >= 15 is 0 Å². The number of sulfonamides is 2. The molecule has 29 heavy (non-hydrogen) atoms. The van der Waals surface area contributed by atoms with Gasteiger partial charge in [0.1, 0.15) is 11.5 Å². The molecular formula is C15H14N2O9S3. The topological polar surface area (TPSA) is 154 Å². The van der Waals surface area contributed by atoms with Crippen LogP contribution in [0.1, 0.15) is 0 Å². The van der Waals surface area contributed by atoms with Crippen molar-refractivity contribution in [1.82, 2.24) is 3.12 Å². The Balaban J connectivity index is 2.76. The second-order valence-corrected chi connectivity index (χ2v) is 10.9. The maximum absolute atomic E-state index is 12.9. The molecule has 2 aromatic carbocycles. The van der Waals surface area contributed by atoms with Gasteiger partial charge in [0.05, 0.1) is 24.0 Å². The Bertz CT molecular complexity index is 1170. The molecule has 0 saturated heterocycles. The van der Waals surface area contributed by atoms with Gasteiger partial charge in [-0.3, -0.25) is 0 Å². The first-order valence-electron chi connectivity index (χ1n) is 7.43. The summed E-state index contributed by atoms with van der Waals surface area (Å²) in [5.41, 5.74) is 0. The van der Waals surface area contributed by atoms with Crippen molar-refractivity contribution in [3.63, 3.8) is 0 Å². The van der Waals surface area contributed by atoms with Crippen LogP contribution in [0.2, 0.25) is 0 Å². The summed E-state index contributed by atoms with van der Waals surface area (Å²) in [6.07, 6.45) is 0.649. The third-order valence-corrected chi connectivity index (χ3v) is 10.1. The Kier molecular flexibility index (Phi) is 6.45. The van der Waals surface area contributed by atoms with Gasteiger partial charge in [0.25, 0.3) is 26.1 Å². The summed E-state index contributed by atoms with van der Waals surface area (Å²) in [4.78, 5) is 9.11. The molecule has 0 aliphatic carbocycles. The highest BCUT2D eigenvalue weighted by Gasteiger charge is 2.46. The molecule has 0 fully saturated rings. The molecule has 11 nitrogen and oxygen atoms in total. The first kappa shape index (κ1) is 22.5. The van der Waals surface area contributed by atoms with E-state index in [0.717, 1.165) is 24.3 Å². The summed E-state index contributed by atoms with van der Waals surface area (Å²) in [5.74, 6) is 0.476. The first-order valence-corrected chi connectivity index (χ1v) is 11.7. The maximum atomic E-state index is 12.9. The zero-order valence-electron chi connectivity index (χ0n) is 14.9. The molecule has 2 rings (SSSR count). The second kappa shape index (κ2) is 8.31. The van der Waals surface area contributed by atoms with E-state index in [1.54, 1.807) is 0 Å². The predicted molar refractivity (Wildman–Crippen MR) is 99.2 cm³/mol. The van der Waals surface area contributed by atoms with Gasteiger partial charge in [-0.2, -0.15) is 8.42 Å². The summed E-state index contributed by atoms with van der Waals surface area (Å²) < 4.78 is 87.6. The van der Waals surface area contributed by atoms with Crippen LogP contribution in [0.25, 0.3) is 0 Å². The minimum atomic E-state index is -5.52. The lowest BCUT2D eigenvalue weighted by Crippen LogP contribution is -2.40. The fourth-order valence-corrected chi connectivity index (χ4v) is 7.84. The lowest BCUT2D eigenvalue weighted by Gasteiger charge is -2.19.